The molecule has 30 heavy (non-hydrogen) atoms. The molecule has 0 saturated carbocycles. The third-order valence-corrected chi connectivity index (χ3v) is 4.58. The highest BCUT2D eigenvalue weighted by atomic mass is 19.4. The van der Waals surface area contributed by atoms with Gasteiger partial charge in [0.1, 0.15) is 11.5 Å². The van der Waals surface area contributed by atoms with Crippen molar-refractivity contribution >= 4 is 34.0 Å². The number of halogens is 3. The Morgan fingerprint density at radius 2 is 1.97 bits per heavy atom. The van der Waals surface area contributed by atoms with E-state index >= 15 is 0 Å². The highest BCUT2D eigenvalue weighted by Gasteiger charge is 2.32. The number of amides is 2. The maximum absolute atomic E-state index is 12.8. The molecule has 2 aromatic heterocycles. The number of ether oxygens (including phenoxy) is 1. The van der Waals surface area contributed by atoms with Gasteiger partial charge in [-0.15, -0.1) is 0 Å². The third-order valence-electron chi connectivity index (χ3n) is 4.58. The van der Waals surface area contributed by atoms with Crippen LogP contribution >= 0.6 is 0 Å². The molecular formula is C21H17F3N4O2. The number of rotatable bonds is 3. The molecule has 4 rings (SSSR count). The number of nitrogens with zero attached hydrogens (tertiary/aromatic N) is 2. The number of allylic oxidation sites excluding steroid dienone is 1. The van der Waals surface area contributed by atoms with E-state index in [0.717, 1.165) is 30.0 Å². The molecule has 154 valence electrons. The number of carbonyl (C=O) groups is 1. The molecule has 1 aliphatic heterocycles. The monoisotopic (exact) mass is 414 g/mol. The molecule has 9 heteroatoms. The first kappa shape index (κ1) is 19.7. The summed E-state index contributed by atoms with van der Waals surface area (Å²) in [6.45, 7) is 0.690. The first-order chi connectivity index (χ1) is 14.4. The van der Waals surface area contributed by atoms with Gasteiger partial charge in [-0.3, -0.25) is 10.3 Å². The summed E-state index contributed by atoms with van der Waals surface area (Å²) < 4.78 is 43.8. The van der Waals surface area contributed by atoms with Gasteiger partial charge >= 0.3 is 12.2 Å². The minimum atomic E-state index is -4.59. The molecule has 1 aliphatic rings. The Morgan fingerprint density at radius 3 is 2.73 bits per heavy atom. The first-order valence-corrected chi connectivity index (χ1v) is 9.22. The summed E-state index contributed by atoms with van der Waals surface area (Å²) in [6.07, 6.45) is 0.497. The zero-order valence-corrected chi connectivity index (χ0v) is 15.7. The average Bonchev–Trinajstić information content (AvgIpc) is 2.74. The van der Waals surface area contributed by atoms with Gasteiger partial charge in [-0.25, -0.2) is 9.78 Å². The number of alkyl halides is 3. The van der Waals surface area contributed by atoms with Crippen molar-refractivity contribution in [2.45, 2.75) is 19.0 Å². The number of fused-ring (bicyclic) bond motifs is 1. The molecule has 0 atom stereocenters. The van der Waals surface area contributed by atoms with Crippen LogP contribution in [0.1, 0.15) is 24.1 Å². The van der Waals surface area contributed by atoms with Gasteiger partial charge in [0, 0.05) is 11.6 Å². The summed E-state index contributed by atoms with van der Waals surface area (Å²) in [6, 6.07) is 9.90. The summed E-state index contributed by atoms with van der Waals surface area (Å²) in [5, 5.41) is 5.69. The molecule has 0 unspecified atom stereocenters. The molecule has 3 heterocycles. The summed E-state index contributed by atoms with van der Waals surface area (Å²) in [7, 11) is 0. The highest BCUT2D eigenvalue weighted by molar-refractivity contribution is 6.05. The maximum atomic E-state index is 12.8. The maximum Gasteiger partial charge on any atom is 0.433 e. The van der Waals surface area contributed by atoms with Crippen molar-refractivity contribution in [1.29, 1.82) is 0 Å². The van der Waals surface area contributed by atoms with E-state index in [2.05, 4.69) is 20.6 Å². The van der Waals surface area contributed by atoms with Crippen LogP contribution in [0.3, 0.4) is 0 Å². The molecule has 0 saturated heterocycles. The van der Waals surface area contributed by atoms with Gasteiger partial charge in [-0.05, 0) is 54.3 Å². The van der Waals surface area contributed by atoms with Crippen LogP contribution in [0.5, 0.6) is 0 Å². The third kappa shape index (κ3) is 4.35. The fourth-order valence-electron chi connectivity index (χ4n) is 3.16. The molecule has 6 nitrogen and oxygen atoms in total. The number of carbonyl (C=O) groups excluding carboxylic acids is 1. The molecule has 3 aromatic rings. The number of benzene rings is 1. The molecule has 0 fully saturated rings. The Balaban J connectivity index is 1.57. The summed E-state index contributed by atoms with van der Waals surface area (Å²) in [4.78, 5) is 20.1. The van der Waals surface area contributed by atoms with Gasteiger partial charge in [0.15, 0.2) is 0 Å². The normalized spacial score (nSPS) is 14.0. The van der Waals surface area contributed by atoms with Crippen LogP contribution in [0.4, 0.5) is 29.5 Å². The van der Waals surface area contributed by atoms with Crippen LogP contribution in [0.25, 0.3) is 16.5 Å². The number of urea groups is 1. The van der Waals surface area contributed by atoms with Gasteiger partial charge in [-0.1, -0.05) is 12.1 Å². The van der Waals surface area contributed by atoms with Crippen LogP contribution in [0, 0.1) is 0 Å². The number of pyridine rings is 2. The van der Waals surface area contributed by atoms with Crippen molar-refractivity contribution in [2.24, 2.45) is 0 Å². The lowest BCUT2D eigenvalue weighted by atomic mass is 9.99. The number of nitrogens with one attached hydrogen (secondary N) is 2. The Kier molecular flexibility index (Phi) is 5.26. The smallest absolute Gasteiger partial charge is 0.433 e. The van der Waals surface area contributed by atoms with Crippen LogP contribution < -0.4 is 10.6 Å². The zero-order valence-electron chi connectivity index (χ0n) is 15.7. The molecule has 2 N–H and O–H groups in total. The van der Waals surface area contributed by atoms with E-state index in [1.807, 2.05) is 18.2 Å². The van der Waals surface area contributed by atoms with Gasteiger partial charge in [0.25, 0.3) is 0 Å². The predicted molar refractivity (Wildman–Crippen MR) is 107 cm³/mol. The second-order valence-corrected chi connectivity index (χ2v) is 6.69. The topological polar surface area (TPSA) is 76.1 Å². The molecule has 0 spiro atoms. The van der Waals surface area contributed by atoms with E-state index in [1.165, 1.54) is 12.1 Å². The van der Waals surface area contributed by atoms with Crippen LogP contribution in [0.15, 0.2) is 54.9 Å². The van der Waals surface area contributed by atoms with Crippen molar-refractivity contribution in [3.05, 3.63) is 66.2 Å². The van der Waals surface area contributed by atoms with Crippen molar-refractivity contribution in [1.82, 2.24) is 9.97 Å². The molecule has 2 amide bonds. The molecule has 0 radical (unpaired) electrons. The molecular weight excluding hydrogens is 397 g/mol. The van der Waals surface area contributed by atoms with Crippen molar-refractivity contribution in [2.75, 3.05) is 17.2 Å². The Bertz CT molecular complexity index is 1130. The minimum absolute atomic E-state index is 0.203. The van der Waals surface area contributed by atoms with Crippen LogP contribution in [-0.2, 0) is 10.9 Å². The molecule has 1 aromatic carbocycles. The Labute approximate surface area is 169 Å². The van der Waals surface area contributed by atoms with E-state index in [-0.39, 0.29) is 5.82 Å². The minimum Gasteiger partial charge on any atom is -0.501 e. The van der Waals surface area contributed by atoms with Crippen molar-refractivity contribution < 1.29 is 22.7 Å². The molecule has 0 aliphatic carbocycles. The van der Waals surface area contributed by atoms with Crippen molar-refractivity contribution in [3.63, 3.8) is 0 Å². The number of aromatic nitrogens is 2. The van der Waals surface area contributed by atoms with Gasteiger partial charge in [0.05, 0.1) is 24.1 Å². The fraction of sp³-hybridized carbons (Fsp3) is 0.190. The summed E-state index contributed by atoms with van der Waals surface area (Å²) in [5.41, 5.74) is 2.07. The second kappa shape index (κ2) is 8.02. The lowest BCUT2D eigenvalue weighted by molar-refractivity contribution is -0.141. The molecule has 0 bridgehead atoms. The highest BCUT2D eigenvalue weighted by Crippen LogP contribution is 2.30. The summed E-state index contributed by atoms with van der Waals surface area (Å²) >= 11 is 0. The van der Waals surface area contributed by atoms with Gasteiger partial charge in [-0.2, -0.15) is 13.2 Å². The number of hydrogen-bond acceptors (Lipinski definition) is 4. The lowest BCUT2D eigenvalue weighted by Gasteiger charge is -2.15. The first-order valence-electron chi connectivity index (χ1n) is 9.22. The van der Waals surface area contributed by atoms with Crippen LogP contribution in [-0.4, -0.2) is 22.6 Å². The van der Waals surface area contributed by atoms with Crippen molar-refractivity contribution in [3.8, 4) is 0 Å². The van der Waals surface area contributed by atoms with Crippen LogP contribution in [0.2, 0.25) is 0 Å². The summed E-state index contributed by atoms with van der Waals surface area (Å²) in [5.74, 6) is -0.203. The standard InChI is InChI=1S/C21H17F3N4O2/c22-21(23,24)18-4-1-5-19(27-18)28-20(29)26-17-8-9-25-16-7-6-13(11-15(16)17)14-3-2-10-30-12-14/h1,4-9,11-12H,2-3,10H2,(H2,25,26,27,28,29). The largest absolute Gasteiger partial charge is 0.501 e. The van der Waals surface area contributed by atoms with E-state index < -0.39 is 17.9 Å². The number of hydrogen-bond donors (Lipinski definition) is 2. The van der Waals surface area contributed by atoms with E-state index in [1.54, 1.807) is 18.5 Å². The van der Waals surface area contributed by atoms with Gasteiger partial charge in [0.2, 0.25) is 0 Å². The zero-order chi connectivity index (χ0) is 21.1. The SMILES string of the molecule is O=C(Nc1cccc(C(F)(F)F)n1)Nc1ccnc2ccc(C3=COCCC3)cc12. The lowest BCUT2D eigenvalue weighted by Crippen LogP contribution is -2.21. The number of anilines is 2. The Hall–Kier alpha value is -3.62. The Morgan fingerprint density at radius 1 is 1.10 bits per heavy atom. The second-order valence-electron chi connectivity index (χ2n) is 6.69. The van der Waals surface area contributed by atoms with E-state index in [9.17, 15) is 18.0 Å². The van der Waals surface area contributed by atoms with E-state index in [4.69, 9.17) is 4.74 Å². The average molecular weight is 414 g/mol. The predicted octanol–water partition coefficient (Wildman–Crippen LogP) is 5.44. The fourth-order valence-corrected chi connectivity index (χ4v) is 3.16. The van der Waals surface area contributed by atoms with E-state index in [0.29, 0.717) is 23.2 Å². The quantitative estimate of drug-likeness (QED) is 0.598. The van der Waals surface area contributed by atoms with Gasteiger partial charge < -0.3 is 10.1 Å².